The predicted octanol–water partition coefficient (Wildman–Crippen LogP) is 2.96. The lowest BCUT2D eigenvalue weighted by atomic mass is 10.1. The average molecular weight is 268 g/mol. The van der Waals surface area contributed by atoms with E-state index in [-0.39, 0.29) is 0 Å². The number of rotatable bonds is 1. The van der Waals surface area contributed by atoms with Gasteiger partial charge in [0.25, 0.3) is 0 Å². The van der Waals surface area contributed by atoms with E-state index in [1.807, 2.05) is 18.3 Å². The molecular formula is C12H11Cl2N3. The Labute approximate surface area is 109 Å². The van der Waals surface area contributed by atoms with E-state index >= 15 is 0 Å². The summed E-state index contributed by atoms with van der Waals surface area (Å²) in [5, 5.41) is 4.68. The van der Waals surface area contributed by atoms with Crippen LogP contribution in [-0.4, -0.2) is 16.1 Å². The third-order valence-corrected chi connectivity index (χ3v) is 3.50. The summed E-state index contributed by atoms with van der Waals surface area (Å²) in [5.41, 5.74) is 1.98. The fraction of sp³-hybridized carbons (Fsp3) is 0.250. The molecule has 0 radical (unpaired) electrons. The Kier molecular flexibility index (Phi) is 2.82. The van der Waals surface area contributed by atoms with Gasteiger partial charge in [-0.05, 0) is 18.2 Å². The molecule has 0 saturated carbocycles. The Bertz CT molecular complexity index is 563. The number of nitrogens with zero attached hydrogens (tertiary/aromatic N) is 2. The van der Waals surface area contributed by atoms with Crippen LogP contribution in [0.4, 0.5) is 0 Å². The van der Waals surface area contributed by atoms with Gasteiger partial charge in [0.15, 0.2) is 0 Å². The fourth-order valence-corrected chi connectivity index (χ4v) is 2.49. The number of hydrogen-bond donors (Lipinski definition) is 1. The van der Waals surface area contributed by atoms with E-state index in [0.29, 0.717) is 10.0 Å². The van der Waals surface area contributed by atoms with Crippen LogP contribution in [0.25, 0.3) is 11.3 Å². The number of aromatic nitrogens is 2. The molecule has 0 saturated heterocycles. The van der Waals surface area contributed by atoms with Crippen LogP contribution in [0.1, 0.15) is 5.82 Å². The molecule has 0 aliphatic carbocycles. The van der Waals surface area contributed by atoms with Gasteiger partial charge in [-0.1, -0.05) is 23.2 Å². The van der Waals surface area contributed by atoms with Crippen molar-refractivity contribution in [2.45, 2.75) is 13.1 Å². The van der Waals surface area contributed by atoms with Gasteiger partial charge in [-0.25, -0.2) is 4.98 Å². The molecule has 0 fully saturated rings. The maximum atomic E-state index is 6.21. The molecular weight excluding hydrogens is 257 g/mol. The Morgan fingerprint density at radius 2 is 2.18 bits per heavy atom. The van der Waals surface area contributed by atoms with Gasteiger partial charge in [-0.3, -0.25) is 0 Å². The first kappa shape index (κ1) is 11.1. The molecule has 0 unspecified atom stereocenters. The highest BCUT2D eigenvalue weighted by molar-refractivity contribution is 6.35. The van der Waals surface area contributed by atoms with Crippen LogP contribution in [0.2, 0.25) is 10.0 Å². The van der Waals surface area contributed by atoms with E-state index in [4.69, 9.17) is 23.2 Å². The third kappa shape index (κ3) is 1.95. The lowest BCUT2D eigenvalue weighted by molar-refractivity contribution is 0.508. The van der Waals surface area contributed by atoms with Crippen molar-refractivity contribution in [1.29, 1.82) is 0 Å². The van der Waals surface area contributed by atoms with Crippen LogP contribution in [0.3, 0.4) is 0 Å². The van der Waals surface area contributed by atoms with E-state index < -0.39 is 0 Å². The molecule has 1 aromatic carbocycles. The number of imidazole rings is 1. The summed E-state index contributed by atoms with van der Waals surface area (Å²) in [6.45, 7) is 2.67. The maximum absolute atomic E-state index is 6.21. The van der Waals surface area contributed by atoms with Crippen molar-refractivity contribution in [3.8, 4) is 11.3 Å². The Morgan fingerprint density at radius 1 is 1.29 bits per heavy atom. The first-order chi connectivity index (χ1) is 8.25. The molecule has 0 atom stereocenters. The van der Waals surface area contributed by atoms with Gasteiger partial charge in [0.05, 0.1) is 23.5 Å². The predicted molar refractivity (Wildman–Crippen MR) is 69.4 cm³/mol. The summed E-state index contributed by atoms with van der Waals surface area (Å²) in [6.07, 6.45) is 1.86. The van der Waals surface area contributed by atoms with Crippen LogP contribution < -0.4 is 5.32 Å². The molecule has 0 amide bonds. The average Bonchev–Trinajstić information content (AvgIpc) is 2.76. The normalized spacial score (nSPS) is 14.7. The number of hydrogen-bond acceptors (Lipinski definition) is 2. The van der Waals surface area contributed by atoms with Crippen LogP contribution in [-0.2, 0) is 13.1 Å². The smallest absolute Gasteiger partial charge is 0.123 e. The van der Waals surface area contributed by atoms with Crippen LogP contribution >= 0.6 is 23.2 Å². The first-order valence-electron chi connectivity index (χ1n) is 5.46. The van der Waals surface area contributed by atoms with E-state index in [9.17, 15) is 0 Å². The van der Waals surface area contributed by atoms with Gasteiger partial charge < -0.3 is 9.88 Å². The number of benzene rings is 1. The van der Waals surface area contributed by atoms with E-state index in [1.165, 1.54) is 0 Å². The zero-order valence-electron chi connectivity index (χ0n) is 9.08. The highest BCUT2D eigenvalue weighted by Crippen LogP contribution is 2.31. The molecule has 2 heterocycles. The molecule has 0 spiro atoms. The summed E-state index contributed by atoms with van der Waals surface area (Å²) in [7, 11) is 0. The second kappa shape index (κ2) is 4.33. The molecule has 1 aliphatic rings. The Hall–Kier alpha value is -1.03. The second-order valence-electron chi connectivity index (χ2n) is 4.01. The van der Waals surface area contributed by atoms with Crippen molar-refractivity contribution in [2.24, 2.45) is 0 Å². The summed E-state index contributed by atoms with van der Waals surface area (Å²) in [6, 6.07) is 5.50. The zero-order chi connectivity index (χ0) is 11.8. The monoisotopic (exact) mass is 267 g/mol. The molecule has 5 heteroatoms. The molecule has 1 aromatic heterocycles. The largest absolute Gasteiger partial charge is 0.326 e. The van der Waals surface area contributed by atoms with Crippen molar-refractivity contribution in [3.63, 3.8) is 0 Å². The topological polar surface area (TPSA) is 29.9 Å². The van der Waals surface area contributed by atoms with Gasteiger partial charge in [-0.15, -0.1) is 0 Å². The van der Waals surface area contributed by atoms with Gasteiger partial charge in [0.2, 0.25) is 0 Å². The highest BCUT2D eigenvalue weighted by Gasteiger charge is 2.16. The van der Waals surface area contributed by atoms with Crippen LogP contribution in [0.15, 0.2) is 24.4 Å². The lowest BCUT2D eigenvalue weighted by Gasteiger charge is -2.18. The summed E-state index contributed by atoms with van der Waals surface area (Å²) >= 11 is 12.2. The van der Waals surface area contributed by atoms with Crippen LogP contribution in [0.5, 0.6) is 0 Å². The number of fused-ring (bicyclic) bond motifs is 1. The zero-order valence-corrected chi connectivity index (χ0v) is 10.6. The van der Waals surface area contributed by atoms with Crippen molar-refractivity contribution in [3.05, 3.63) is 40.3 Å². The minimum absolute atomic E-state index is 0.689. The summed E-state index contributed by atoms with van der Waals surface area (Å²) in [5.74, 6) is 1.04. The molecule has 2 aromatic rings. The molecule has 3 rings (SSSR count). The fourth-order valence-electron chi connectivity index (χ4n) is 2.10. The first-order valence-corrected chi connectivity index (χ1v) is 6.22. The molecule has 3 nitrogen and oxygen atoms in total. The molecule has 17 heavy (non-hydrogen) atoms. The van der Waals surface area contributed by atoms with Crippen molar-refractivity contribution >= 4 is 23.2 Å². The van der Waals surface area contributed by atoms with Gasteiger partial charge >= 0.3 is 0 Å². The quantitative estimate of drug-likeness (QED) is 0.861. The molecule has 1 aliphatic heterocycles. The molecule has 1 N–H and O–H groups in total. The minimum atomic E-state index is 0.689. The Morgan fingerprint density at radius 3 is 3.06 bits per heavy atom. The lowest BCUT2D eigenvalue weighted by Crippen LogP contribution is -2.28. The Balaban J connectivity index is 2.15. The van der Waals surface area contributed by atoms with Gasteiger partial charge in [-0.2, -0.15) is 0 Å². The van der Waals surface area contributed by atoms with Crippen molar-refractivity contribution in [2.75, 3.05) is 6.54 Å². The van der Waals surface area contributed by atoms with E-state index in [2.05, 4.69) is 14.9 Å². The summed E-state index contributed by atoms with van der Waals surface area (Å²) < 4.78 is 2.19. The highest BCUT2D eigenvalue weighted by atomic mass is 35.5. The summed E-state index contributed by atoms with van der Waals surface area (Å²) in [4.78, 5) is 4.40. The van der Waals surface area contributed by atoms with Gasteiger partial charge in [0.1, 0.15) is 5.82 Å². The SMILES string of the molecule is Clc1ccc(Cl)c(-c2cnc3n2CCNC3)c1. The standard InChI is InChI=1S/C12H11Cl2N3/c13-8-1-2-10(14)9(5-8)11-6-16-12-7-15-3-4-17(11)12/h1-2,5-6,15H,3-4,7H2. The molecule has 88 valence electrons. The second-order valence-corrected chi connectivity index (χ2v) is 4.86. The molecule has 0 bridgehead atoms. The van der Waals surface area contributed by atoms with Crippen molar-refractivity contribution < 1.29 is 0 Å². The third-order valence-electron chi connectivity index (χ3n) is 2.94. The van der Waals surface area contributed by atoms with E-state index in [1.54, 1.807) is 6.07 Å². The number of halogens is 2. The van der Waals surface area contributed by atoms with Gasteiger partial charge in [0, 0.05) is 23.7 Å². The maximum Gasteiger partial charge on any atom is 0.123 e. The van der Waals surface area contributed by atoms with Crippen LogP contribution in [0, 0.1) is 0 Å². The number of nitrogens with one attached hydrogen (secondary N) is 1. The van der Waals surface area contributed by atoms with Crippen molar-refractivity contribution in [1.82, 2.24) is 14.9 Å². The minimum Gasteiger partial charge on any atom is -0.326 e. The van der Waals surface area contributed by atoms with E-state index in [0.717, 1.165) is 36.7 Å².